The van der Waals surface area contributed by atoms with Gasteiger partial charge >= 0.3 is 12.1 Å². The lowest BCUT2D eigenvalue weighted by Crippen LogP contribution is -2.44. The maximum Gasteiger partial charge on any atom is 0.407 e. The molecule has 1 unspecified atom stereocenters. The van der Waals surface area contributed by atoms with E-state index in [9.17, 15) is 9.59 Å². The summed E-state index contributed by atoms with van der Waals surface area (Å²) < 4.78 is 42.7. The number of imidazole rings is 1. The van der Waals surface area contributed by atoms with E-state index in [1.54, 1.807) is 24.9 Å². The molecule has 0 saturated carbocycles. The number of hydrogen-bond acceptors (Lipinski definition) is 13. The fourth-order valence-electron chi connectivity index (χ4n) is 6.59. The number of esters is 1. The lowest BCUT2D eigenvalue weighted by atomic mass is 10.1. The molecule has 3 aromatic carbocycles. The molecule has 2 saturated heterocycles. The van der Waals surface area contributed by atoms with E-state index in [0.717, 1.165) is 28.2 Å². The molecule has 1 amide bonds. The van der Waals surface area contributed by atoms with Crippen LogP contribution in [0, 0.1) is 0 Å². The van der Waals surface area contributed by atoms with E-state index < -0.39 is 48.4 Å². The molecule has 0 radical (unpaired) electrons. The number of amides is 1. The molecule has 288 valence electrons. The molecule has 2 aliphatic rings. The quantitative estimate of drug-likeness (QED) is 0.132. The Kier molecular flexibility index (Phi) is 11.4. The molecule has 15 heteroatoms. The second-order valence-electron chi connectivity index (χ2n) is 13.5. The van der Waals surface area contributed by atoms with Gasteiger partial charge in [0.05, 0.1) is 20.0 Å². The third-order valence-corrected chi connectivity index (χ3v) is 9.23. The zero-order chi connectivity index (χ0) is 38.4. The number of carbonyl (C=O) groups excluding carboxylic acids is 2. The van der Waals surface area contributed by atoms with Crippen molar-refractivity contribution in [3.05, 3.63) is 108 Å². The summed E-state index contributed by atoms with van der Waals surface area (Å²) in [5, 5.41) is 6.02. The molecular formula is C40H44N6O9. The normalized spacial score (nSPS) is 20.4. The van der Waals surface area contributed by atoms with Gasteiger partial charge in [-0.15, -0.1) is 0 Å². The van der Waals surface area contributed by atoms with E-state index in [4.69, 9.17) is 33.2 Å². The van der Waals surface area contributed by atoms with Crippen molar-refractivity contribution in [2.24, 2.45) is 0 Å². The molecule has 0 spiro atoms. The van der Waals surface area contributed by atoms with Gasteiger partial charge in [-0.1, -0.05) is 54.6 Å². The Morgan fingerprint density at radius 3 is 2.35 bits per heavy atom. The Morgan fingerprint density at radius 1 is 0.873 bits per heavy atom. The molecule has 7 rings (SSSR count). The second-order valence-corrected chi connectivity index (χ2v) is 13.5. The number of rotatable bonds is 15. The largest absolute Gasteiger partial charge is 0.497 e. The number of benzene rings is 3. The highest BCUT2D eigenvalue weighted by Gasteiger charge is 2.56. The third-order valence-electron chi connectivity index (χ3n) is 9.23. The summed E-state index contributed by atoms with van der Waals surface area (Å²) in [4.78, 5) is 39.3. The number of aromatic nitrogens is 4. The van der Waals surface area contributed by atoms with Gasteiger partial charge in [-0.05, 0) is 61.7 Å². The summed E-state index contributed by atoms with van der Waals surface area (Å²) >= 11 is 0. The Bertz CT molecular complexity index is 2060. The predicted molar refractivity (Wildman–Crippen MR) is 199 cm³/mol. The molecule has 0 aliphatic carbocycles. The zero-order valence-corrected chi connectivity index (χ0v) is 31.0. The number of carbonyl (C=O) groups is 2. The molecule has 4 heterocycles. The van der Waals surface area contributed by atoms with Crippen molar-refractivity contribution in [3.63, 3.8) is 0 Å². The first-order chi connectivity index (χ1) is 26.7. The number of nitrogens with one attached hydrogen (secondary N) is 2. The van der Waals surface area contributed by atoms with E-state index in [2.05, 4.69) is 25.6 Å². The van der Waals surface area contributed by atoms with Crippen molar-refractivity contribution >= 4 is 29.0 Å². The smallest absolute Gasteiger partial charge is 0.407 e. The molecular weight excluding hydrogens is 708 g/mol. The van der Waals surface area contributed by atoms with E-state index in [1.165, 1.54) is 6.33 Å². The van der Waals surface area contributed by atoms with Crippen molar-refractivity contribution in [2.45, 2.75) is 76.7 Å². The number of nitrogens with zero attached hydrogens (tertiary/aromatic N) is 4. The van der Waals surface area contributed by atoms with Gasteiger partial charge in [0.25, 0.3) is 0 Å². The van der Waals surface area contributed by atoms with Crippen LogP contribution >= 0.6 is 0 Å². The van der Waals surface area contributed by atoms with Crippen molar-refractivity contribution in [3.8, 4) is 11.5 Å². The number of alkyl carbamates (subject to hydrolysis) is 1. The Hall–Kier alpha value is -5.77. The van der Waals surface area contributed by atoms with E-state index in [1.807, 2.05) is 92.7 Å². The average Bonchev–Trinajstić information content (AvgIpc) is 3.87. The standard InChI is InChI=1S/C40H44N6O9/c1-5-50-38(47)30(19-25-9-7-6-8-10-25)45-39(48)52-22-31-33-34(55-40(2,3)54-33)37(53-31)46-24-44-32-35(42-23-43-36(32)46)41-20-26-11-17-29(18-12-26)51-21-27-13-15-28(49-4)16-14-27/h6-18,23-24,30-31,33-34,37H,5,19-22H2,1-4H3,(H,45,48)(H,41,42,43)/t30-,31+,33?,34-,37+/m0/s1. The first kappa shape index (κ1) is 37.5. The molecule has 15 nitrogen and oxygen atoms in total. The highest BCUT2D eigenvalue weighted by atomic mass is 16.8. The summed E-state index contributed by atoms with van der Waals surface area (Å²) in [7, 11) is 1.64. The Morgan fingerprint density at radius 2 is 1.60 bits per heavy atom. The number of hydrogen-bond donors (Lipinski definition) is 2. The van der Waals surface area contributed by atoms with Gasteiger partial charge in [0, 0.05) is 13.0 Å². The molecule has 55 heavy (non-hydrogen) atoms. The summed E-state index contributed by atoms with van der Waals surface area (Å²) in [6, 6.07) is 24.0. The highest BCUT2D eigenvalue weighted by molar-refractivity contribution is 5.83. The van der Waals surface area contributed by atoms with Crippen LogP contribution < -0.4 is 20.1 Å². The van der Waals surface area contributed by atoms with Gasteiger partial charge < -0.3 is 43.8 Å². The summed E-state index contributed by atoms with van der Waals surface area (Å²) in [6.07, 6.45) is 0.00453. The van der Waals surface area contributed by atoms with Crippen LogP contribution in [0.15, 0.2) is 91.5 Å². The van der Waals surface area contributed by atoms with Crippen LogP contribution in [0.5, 0.6) is 11.5 Å². The Labute approximate surface area is 318 Å². The van der Waals surface area contributed by atoms with E-state index >= 15 is 0 Å². The Balaban J connectivity index is 0.984. The predicted octanol–water partition coefficient (Wildman–Crippen LogP) is 5.34. The zero-order valence-electron chi connectivity index (χ0n) is 31.0. The van der Waals surface area contributed by atoms with Gasteiger partial charge in [0.1, 0.15) is 55.4 Å². The minimum Gasteiger partial charge on any atom is -0.497 e. The first-order valence-electron chi connectivity index (χ1n) is 18.1. The highest BCUT2D eigenvalue weighted by Crippen LogP contribution is 2.44. The van der Waals surface area contributed by atoms with Crippen LogP contribution in [-0.2, 0) is 48.1 Å². The lowest BCUT2D eigenvalue weighted by molar-refractivity contribution is -0.199. The van der Waals surface area contributed by atoms with Crippen LogP contribution in [-0.4, -0.2) is 82.0 Å². The molecule has 2 fully saturated rings. The fraction of sp³-hybridized carbons (Fsp3) is 0.375. The number of ether oxygens (including phenoxy) is 7. The molecule has 2 aliphatic heterocycles. The topological polar surface area (TPSA) is 166 Å². The van der Waals surface area contributed by atoms with Gasteiger partial charge in [0.15, 0.2) is 29.0 Å². The summed E-state index contributed by atoms with van der Waals surface area (Å²) in [6.45, 7) is 6.28. The van der Waals surface area contributed by atoms with Gasteiger partial charge in [-0.2, -0.15) is 0 Å². The summed E-state index contributed by atoms with van der Waals surface area (Å²) in [5.41, 5.74) is 3.99. The van der Waals surface area contributed by atoms with Crippen molar-refractivity contribution in [1.29, 1.82) is 0 Å². The van der Waals surface area contributed by atoms with Crippen LogP contribution in [0.1, 0.15) is 43.7 Å². The number of fused-ring (bicyclic) bond motifs is 2. The molecule has 5 aromatic rings. The number of anilines is 1. The SMILES string of the molecule is CCOC(=O)[C@H](Cc1ccccc1)NC(=O)OC[C@H]1O[C@@H](n2cnc3c(NCc4ccc(OCc5ccc(OC)cc5)cc4)ncnc32)[C@H]2OC(C)(C)OC12. The van der Waals surface area contributed by atoms with Gasteiger partial charge in [-0.3, -0.25) is 4.57 Å². The molecule has 5 atom stereocenters. The van der Waals surface area contributed by atoms with Crippen molar-refractivity contribution < 1.29 is 42.7 Å². The second kappa shape index (κ2) is 16.7. The monoisotopic (exact) mass is 752 g/mol. The lowest BCUT2D eigenvalue weighted by Gasteiger charge is -2.25. The van der Waals surface area contributed by atoms with Crippen LogP contribution in [0.3, 0.4) is 0 Å². The maximum atomic E-state index is 13.0. The average molecular weight is 753 g/mol. The first-order valence-corrected chi connectivity index (χ1v) is 18.1. The summed E-state index contributed by atoms with van der Waals surface area (Å²) in [5.74, 6) is 0.632. The van der Waals surface area contributed by atoms with E-state index in [0.29, 0.717) is 30.1 Å². The van der Waals surface area contributed by atoms with Crippen LogP contribution in [0.4, 0.5) is 10.6 Å². The van der Waals surface area contributed by atoms with Crippen LogP contribution in [0.25, 0.3) is 11.2 Å². The molecule has 2 aromatic heterocycles. The number of methoxy groups -OCH3 is 1. The molecule has 2 N–H and O–H groups in total. The van der Waals surface area contributed by atoms with Crippen molar-refractivity contribution in [2.75, 3.05) is 25.6 Å². The fourth-order valence-corrected chi connectivity index (χ4v) is 6.59. The minimum atomic E-state index is -0.936. The molecule has 0 bridgehead atoms. The van der Waals surface area contributed by atoms with Gasteiger partial charge in [0.2, 0.25) is 0 Å². The van der Waals surface area contributed by atoms with Gasteiger partial charge in [-0.25, -0.2) is 24.5 Å². The minimum absolute atomic E-state index is 0.163. The van der Waals surface area contributed by atoms with Crippen molar-refractivity contribution in [1.82, 2.24) is 24.8 Å². The maximum absolute atomic E-state index is 13.0. The third kappa shape index (κ3) is 8.96. The van der Waals surface area contributed by atoms with Crippen LogP contribution in [0.2, 0.25) is 0 Å². The van der Waals surface area contributed by atoms with E-state index in [-0.39, 0.29) is 19.6 Å².